The number of benzene rings is 1. The molecule has 1 aromatic rings. The number of rotatable bonds is 4. The first kappa shape index (κ1) is 13.4. The number of nitrogens with two attached hydrogens (primary N) is 1. The summed E-state index contributed by atoms with van der Waals surface area (Å²) in [5.41, 5.74) is 6.81. The van der Waals surface area contributed by atoms with Crippen molar-refractivity contribution in [3.63, 3.8) is 0 Å². The molecule has 0 radical (unpaired) electrons. The van der Waals surface area contributed by atoms with Gasteiger partial charge in [0, 0.05) is 16.6 Å². The van der Waals surface area contributed by atoms with Crippen molar-refractivity contribution in [3.05, 3.63) is 34.6 Å². The Morgan fingerprint density at radius 1 is 1.32 bits per heavy atom. The zero-order valence-corrected chi connectivity index (χ0v) is 11.9. The van der Waals surface area contributed by atoms with Gasteiger partial charge < -0.3 is 5.73 Å². The van der Waals surface area contributed by atoms with Gasteiger partial charge in [-0.1, -0.05) is 24.1 Å². The zero-order valence-electron chi connectivity index (χ0n) is 11.1. The minimum atomic E-state index is -0.226. The summed E-state index contributed by atoms with van der Waals surface area (Å²) in [6, 6.07) is 4.87. The Morgan fingerprint density at radius 2 is 2.16 bits per heavy atom. The van der Waals surface area contributed by atoms with Crippen LogP contribution in [0.2, 0.25) is 5.02 Å². The summed E-state index contributed by atoms with van der Waals surface area (Å²) in [6.07, 6.45) is 7.10. The number of hydrogen-bond acceptors (Lipinski definition) is 1. The van der Waals surface area contributed by atoms with E-state index in [1.165, 1.54) is 31.7 Å². The van der Waals surface area contributed by atoms with E-state index in [-0.39, 0.29) is 11.9 Å². The van der Waals surface area contributed by atoms with E-state index in [9.17, 15) is 4.39 Å². The third kappa shape index (κ3) is 2.80. The van der Waals surface area contributed by atoms with Crippen LogP contribution in [0.25, 0.3) is 0 Å². The van der Waals surface area contributed by atoms with Gasteiger partial charge in [0.05, 0.1) is 0 Å². The van der Waals surface area contributed by atoms with Crippen LogP contribution >= 0.6 is 11.6 Å². The maximum atomic E-state index is 13.7. The molecule has 0 saturated heterocycles. The van der Waals surface area contributed by atoms with E-state index in [0.29, 0.717) is 17.0 Å². The Labute approximate surface area is 119 Å². The molecule has 0 spiro atoms. The van der Waals surface area contributed by atoms with Crippen LogP contribution in [0.1, 0.15) is 37.7 Å². The minimum absolute atomic E-state index is 0.0266. The molecule has 0 aliphatic heterocycles. The highest BCUT2D eigenvalue weighted by Gasteiger charge is 2.39. The topological polar surface area (TPSA) is 26.0 Å². The Balaban J connectivity index is 1.61. The van der Waals surface area contributed by atoms with E-state index in [0.717, 1.165) is 24.2 Å². The first-order chi connectivity index (χ1) is 9.13. The standard InChI is InChI=1S/C16H21ClFN/c17-15-2-1-3-16(18)14(15)9-13(19)8-12-7-10-4-5-11(12)6-10/h1-3,10-13H,4-9,19H2. The average molecular weight is 282 g/mol. The molecule has 4 atom stereocenters. The van der Waals surface area contributed by atoms with Gasteiger partial charge in [-0.25, -0.2) is 4.39 Å². The van der Waals surface area contributed by atoms with Gasteiger partial charge in [0.15, 0.2) is 0 Å². The van der Waals surface area contributed by atoms with Crippen molar-refractivity contribution in [1.29, 1.82) is 0 Å². The second-order valence-electron chi connectivity index (χ2n) is 6.34. The normalized spacial score (nSPS) is 30.8. The average Bonchev–Trinajstić information content (AvgIpc) is 2.96. The van der Waals surface area contributed by atoms with Crippen LogP contribution in [0, 0.1) is 23.6 Å². The fraction of sp³-hybridized carbons (Fsp3) is 0.625. The lowest BCUT2D eigenvalue weighted by molar-refractivity contribution is 0.293. The fourth-order valence-electron chi connectivity index (χ4n) is 4.13. The van der Waals surface area contributed by atoms with Gasteiger partial charge in [0.2, 0.25) is 0 Å². The van der Waals surface area contributed by atoms with Gasteiger partial charge >= 0.3 is 0 Å². The Hall–Kier alpha value is -0.600. The van der Waals surface area contributed by atoms with Crippen molar-refractivity contribution in [1.82, 2.24) is 0 Å². The van der Waals surface area contributed by atoms with E-state index in [2.05, 4.69) is 0 Å². The predicted molar refractivity (Wildman–Crippen MR) is 76.6 cm³/mol. The maximum absolute atomic E-state index is 13.7. The van der Waals surface area contributed by atoms with E-state index in [1.54, 1.807) is 12.1 Å². The summed E-state index contributed by atoms with van der Waals surface area (Å²) in [7, 11) is 0. The monoisotopic (exact) mass is 281 g/mol. The molecule has 1 aromatic carbocycles. The first-order valence-electron chi connectivity index (χ1n) is 7.32. The van der Waals surface area contributed by atoms with E-state index in [1.807, 2.05) is 0 Å². The van der Waals surface area contributed by atoms with Gasteiger partial charge in [-0.3, -0.25) is 0 Å². The summed E-state index contributed by atoms with van der Waals surface area (Å²) >= 11 is 6.06. The maximum Gasteiger partial charge on any atom is 0.127 e. The van der Waals surface area contributed by atoms with Crippen LogP contribution in [0.3, 0.4) is 0 Å². The fourth-order valence-corrected chi connectivity index (χ4v) is 4.37. The van der Waals surface area contributed by atoms with Crippen LogP contribution in [-0.4, -0.2) is 6.04 Å². The smallest absolute Gasteiger partial charge is 0.127 e. The molecule has 2 bridgehead atoms. The van der Waals surface area contributed by atoms with E-state index in [4.69, 9.17) is 17.3 Å². The molecule has 0 aromatic heterocycles. The number of fused-ring (bicyclic) bond motifs is 2. The molecule has 2 N–H and O–H groups in total. The molecule has 0 amide bonds. The largest absolute Gasteiger partial charge is 0.327 e. The third-order valence-electron chi connectivity index (χ3n) is 5.02. The van der Waals surface area contributed by atoms with Gasteiger partial charge in [0.25, 0.3) is 0 Å². The van der Waals surface area contributed by atoms with E-state index >= 15 is 0 Å². The molecule has 2 aliphatic rings. The lowest BCUT2D eigenvalue weighted by Gasteiger charge is -2.25. The summed E-state index contributed by atoms with van der Waals surface area (Å²) in [5.74, 6) is 2.36. The van der Waals surface area contributed by atoms with Gasteiger partial charge in [-0.05, 0) is 62.0 Å². The van der Waals surface area contributed by atoms with Crippen molar-refractivity contribution in [2.75, 3.05) is 0 Å². The van der Waals surface area contributed by atoms with Crippen molar-refractivity contribution < 1.29 is 4.39 Å². The second kappa shape index (κ2) is 5.41. The van der Waals surface area contributed by atoms with Crippen LogP contribution in [0.4, 0.5) is 4.39 Å². The molecule has 104 valence electrons. The van der Waals surface area contributed by atoms with E-state index < -0.39 is 0 Å². The second-order valence-corrected chi connectivity index (χ2v) is 6.74. The highest BCUT2D eigenvalue weighted by molar-refractivity contribution is 6.31. The summed E-state index contributed by atoms with van der Waals surface area (Å²) < 4.78 is 13.7. The first-order valence-corrected chi connectivity index (χ1v) is 7.69. The molecular formula is C16H21ClFN. The van der Waals surface area contributed by atoms with Gasteiger partial charge in [0.1, 0.15) is 5.82 Å². The highest BCUT2D eigenvalue weighted by atomic mass is 35.5. The zero-order chi connectivity index (χ0) is 13.4. The van der Waals surface area contributed by atoms with Crippen LogP contribution < -0.4 is 5.73 Å². The molecule has 3 rings (SSSR count). The van der Waals surface area contributed by atoms with Crippen molar-refractivity contribution in [2.45, 2.75) is 44.6 Å². The number of halogens is 2. The molecule has 1 nitrogen and oxygen atoms in total. The van der Waals surface area contributed by atoms with Gasteiger partial charge in [-0.2, -0.15) is 0 Å². The van der Waals surface area contributed by atoms with Crippen LogP contribution in [0.15, 0.2) is 18.2 Å². The summed E-state index contributed by atoms with van der Waals surface area (Å²) in [6.45, 7) is 0. The Bertz CT molecular complexity index is 442. The Morgan fingerprint density at radius 3 is 2.79 bits per heavy atom. The lowest BCUT2D eigenvalue weighted by atomic mass is 9.83. The predicted octanol–water partition coefficient (Wildman–Crippen LogP) is 4.18. The molecule has 2 saturated carbocycles. The van der Waals surface area contributed by atoms with Crippen molar-refractivity contribution in [3.8, 4) is 0 Å². The molecule has 2 fully saturated rings. The van der Waals surface area contributed by atoms with Crippen LogP contribution in [0.5, 0.6) is 0 Å². The minimum Gasteiger partial charge on any atom is -0.327 e. The molecule has 3 heteroatoms. The van der Waals surface area contributed by atoms with Crippen molar-refractivity contribution >= 4 is 11.6 Å². The summed E-state index contributed by atoms with van der Waals surface area (Å²) in [5, 5.41) is 0.503. The van der Waals surface area contributed by atoms with Crippen LogP contribution in [-0.2, 0) is 6.42 Å². The lowest BCUT2D eigenvalue weighted by Crippen LogP contribution is -2.28. The molecular weight excluding hydrogens is 261 g/mol. The molecule has 0 heterocycles. The highest BCUT2D eigenvalue weighted by Crippen LogP contribution is 2.49. The van der Waals surface area contributed by atoms with Crippen molar-refractivity contribution in [2.24, 2.45) is 23.5 Å². The number of hydrogen-bond donors (Lipinski definition) is 1. The van der Waals surface area contributed by atoms with Gasteiger partial charge in [-0.15, -0.1) is 0 Å². The SMILES string of the molecule is NC(Cc1c(F)cccc1Cl)CC1CC2CCC1C2. The molecule has 2 aliphatic carbocycles. The third-order valence-corrected chi connectivity index (χ3v) is 5.37. The quantitative estimate of drug-likeness (QED) is 0.880. The summed E-state index contributed by atoms with van der Waals surface area (Å²) in [4.78, 5) is 0. The Kier molecular flexibility index (Phi) is 3.81. The molecule has 4 unspecified atom stereocenters. The molecule has 19 heavy (non-hydrogen) atoms.